The second-order valence-electron chi connectivity index (χ2n) is 6.25. The molecule has 0 fully saturated rings. The summed E-state index contributed by atoms with van der Waals surface area (Å²) < 4.78 is 41.7. The monoisotopic (exact) mass is 348 g/mol. The van der Waals surface area contributed by atoms with E-state index in [1.54, 1.807) is 24.3 Å². The number of hydrogen-bond acceptors (Lipinski definition) is 3. The van der Waals surface area contributed by atoms with E-state index in [0.29, 0.717) is 17.7 Å². The fourth-order valence-corrected chi connectivity index (χ4v) is 3.07. The minimum Gasteiger partial charge on any atom is -0.406 e. The maximum atomic E-state index is 12.6. The minimum absolute atomic E-state index is 0.231. The molecule has 1 aliphatic heterocycles. The molecule has 0 bridgehead atoms. The number of nitrogens with two attached hydrogens (primary N) is 1. The second kappa shape index (κ2) is 6.70. The van der Waals surface area contributed by atoms with Crippen LogP contribution in [0.3, 0.4) is 0 Å². The summed E-state index contributed by atoms with van der Waals surface area (Å²) in [5.74, 6) is -0.234. The predicted molar refractivity (Wildman–Crippen MR) is 92.0 cm³/mol. The third-order valence-electron chi connectivity index (χ3n) is 4.11. The molecule has 1 heterocycles. The fraction of sp³-hybridized carbons (Fsp3) is 0.263. The van der Waals surface area contributed by atoms with Crippen LogP contribution >= 0.6 is 0 Å². The highest BCUT2D eigenvalue weighted by molar-refractivity contribution is 5.72. The maximum absolute atomic E-state index is 12.6. The van der Waals surface area contributed by atoms with E-state index in [1.165, 1.54) is 17.7 Å². The van der Waals surface area contributed by atoms with Crippen LogP contribution in [0.15, 0.2) is 54.2 Å². The van der Waals surface area contributed by atoms with Crippen molar-refractivity contribution in [1.82, 2.24) is 5.32 Å². The molecule has 0 aliphatic carbocycles. The van der Waals surface area contributed by atoms with Gasteiger partial charge in [0.1, 0.15) is 5.75 Å². The van der Waals surface area contributed by atoms with Crippen LogP contribution in [-0.2, 0) is 6.42 Å². The van der Waals surface area contributed by atoms with E-state index in [0.717, 1.165) is 17.5 Å². The van der Waals surface area contributed by atoms with Gasteiger partial charge in [-0.15, -0.1) is 13.2 Å². The summed E-state index contributed by atoms with van der Waals surface area (Å²) in [6.07, 6.45) is -1.13. The van der Waals surface area contributed by atoms with Crippen LogP contribution in [0.1, 0.15) is 18.9 Å². The van der Waals surface area contributed by atoms with Crippen LogP contribution in [0.5, 0.6) is 5.75 Å². The zero-order chi connectivity index (χ0) is 18.0. The lowest BCUT2D eigenvalue weighted by Crippen LogP contribution is -2.22. The quantitative estimate of drug-likeness (QED) is 0.791. The molecule has 1 unspecified atom stereocenters. The SMILES string of the molecule is CC1=CNC(Cc2ccc(OC(F)(F)F)cc2-c2cccc(N)c2)C1. The van der Waals surface area contributed by atoms with Crippen molar-refractivity contribution >= 4 is 5.69 Å². The predicted octanol–water partition coefficient (Wildman–Crippen LogP) is 4.64. The number of halogens is 3. The lowest BCUT2D eigenvalue weighted by atomic mass is 9.93. The summed E-state index contributed by atoms with van der Waals surface area (Å²) in [6, 6.07) is 11.8. The molecule has 6 heteroatoms. The Kier molecular flexibility index (Phi) is 4.61. The normalized spacial score (nSPS) is 17.1. The highest BCUT2D eigenvalue weighted by Crippen LogP contribution is 2.33. The van der Waals surface area contributed by atoms with Gasteiger partial charge < -0.3 is 15.8 Å². The molecule has 2 aromatic rings. The molecule has 0 spiro atoms. The minimum atomic E-state index is -4.72. The van der Waals surface area contributed by atoms with Crippen LogP contribution in [0.2, 0.25) is 0 Å². The van der Waals surface area contributed by atoms with Crippen LogP contribution in [0, 0.1) is 0 Å². The van der Waals surface area contributed by atoms with Gasteiger partial charge in [0.2, 0.25) is 0 Å². The van der Waals surface area contributed by atoms with E-state index in [9.17, 15) is 13.2 Å². The molecular weight excluding hydrogens is 329 g/mol. The van der Waals surface area contributed by atoms with Gasteiger partial charge in [0.25, 0.3) is 0 Å². The number of benzene rings is 2. The van der Waals surface area contributed by atoms with Gasteiger partial charge >= 0.3 is 6.36 Å². The van der Waals surface area contributed by atoms with Gasteiger partial charge in [0.05, 0.1) is 0 Å². The largest absolute Gasteiger partial charge is 0.573 e. The Morgan fingerprint density at radius 2 is 2.00 bits per heavy atom. The van der Waals surface area contributed by atoms with Gasteiger partial charge in [-0.2, -0.15) is 0 Å². The van der Waals surface area contributed by atoms with Gasteiger partial charge in [-0.25, -0.2) is 0 Å². The summed E-state index contributed by atoms with van der Waals surface area (Å²) in [7, 11) is 0. The molecule has 3 nitrogen and oxygen atoms in total. The first-order chi connectivity index (χ1) is 11.8. The number of hydrogen-bond donors (Lipinski definition) is 2. The Labute approximate surface area is 144 Å². The highest BCUT2D eigenvalue weighted by Gasteiger charge is 2.31. The molecule has 1 atom stereocenters. The van der Waals surface area contributed by atoms with Gasteiger partial charge in [-0.1, -0.05) is 23.8 Å². The van der Waals surface area contributed by atoms with Crippen LogP contribution in [-0.4, -0.2) is 12.4 Å². The smallest absolute Gasteiger partial charge is 0.406 e. The van der Waals surface area contributed by atoms with Gasteiger partial charge in [0.15, 0.2) is 0 Å². The van der Waals surface area contributed by atoms with Gasteiger partial charge in [-0.3, -0.25) is 0 Å². The van der Waals surface area contributed by atoms with Crippen molar-refractivity contribution in [2.24, 2.45) is 0 Å². The molecule has 1 aliphatic rings. The van der Waals surface area contributed by atoms with Crippen molar-refractivity contribution in [3.05, 3.63) is 59.8 Å². The summed E-state index contributed by atoms with van der Waals surface area (Å²) in [5.41, 5.74) is 10.1. The summed E-state index contributed by atoms with van der Waals surface area (Å²) in [6.45, 7) is 2.05. The first kappa shape index (κ1) is 17.2. The molecule has 25 heavy (non-hydrogen) atoms. The molecule has 132 valence electrons. The Morgan fingerprint density at radius 1 is 1.20 bits per heavy atom. The molecule has 0 saturated heterocycles. The van der Waals surface area contributed by atoms with Crippen molar-refractivity contribution in [3.8, 4) is 16.9 Å². The Morgan fingerprint density at radius 3 is 2.64 bits per heavy atom. The number of ether oxygens (including phenoxy) is 1. The zero-order valence-electron chi connectivity index (χ0n) is 13.7. The molecule has 0 aromatic heterocycles. The zero-order valence-corrected chi connectivity index (χ0v) is 13.7. The number of nitrogens with one attached hydrogen (secondary N) is 1. The average Bonchev–Trinajstić information content (AvgIpc) is 2.92. The third kappa shape index (κ3) is 4.47. The van der Waals surface area contributed by atoms with Crippen LogP contribution in [0.4, 0.5) is 18.9 Å². The third-order valence-corrected chi connectivity index (χ3v) is 4.11. The second-order valence-corrected chi connectivity index (χ2v) is 6.25. The van der Waals surface area contributed by atoms with Crippen molar-refractivity contribution < 1.29 is 17.9 Å². The van der Waals surface area contributed by atoms with Crippen molar-refractivity contribution in [3.63, 3.8) is 0 Å². The molecule has 0 amide bonds. The lowest BCUT2D eigenvalue weighted by Gasteiger charge is -2.17. The number of anilines is 1. The summed E-state index contributed by atoms with van der Waals surface area (Å²) in [4.78, 5) is 0. The van der Waals surface area contributed by atoms with E-state index in [-0.39, 0.29) is 11.8 Å². The van der Waals surface area contributed by atoms with E-state index in [4.69, 9.17) is 5.73 Å². The Bertz CT molecular complexity index is 799. The Hall–Kier alpha value is -2.63. The maximum Gasteiger partial charge on any atom is 0.573 e. The topological polar surface area (TPSA) is 47.3 Å². The first-order valence-electron chi connectivity index (χ1n) is 7.96. The standard InChI is InChI=1S/C19H19F3N2O/c1-12-7-16(24-11-12)9-14-5-6-17(25-19(20,21)22)10-18(14)13-3-2-4-15(23)8-13/h2-6,8,10-11,16,24H,7,9,23H2,1H3. The number of nitrogen functional groups attached to an aromatic ring is 1. The van der Waals surface area contributed by atoms with Crippen molar-refractivity contribution in [1.29, 1.82) is 0 Å². The molecule has 0 radical (unpaired) electrons. The van der Waals surface area contributed by atoms with Gasteiger partial charge in [-0.05, 0) is 66.9 Å². The van der Waals surface area contributed by atoms with Crippen LogP contribution in [0.25, 0.3) is 11.1 Å². The first-order valence-corrected chi connectivity index (χ1v) is 7.96. The fourth-order valence-electron chi connectivity index (χ4n) is 3.07. The van der Waals surface area contributed by atoms with E-state index in [2.05, 4.69) is 10.1 Å². The van der Waals surface area contributed by atoms with E-state index >= 15 is 0 Å². The average molecular weight is 348 g/mol. The van der Waals surface area contributed by atoms with Crippen LogP contribution < -0.4 is 15.8 Å². The highest BCUT2D eigenvalue weighted by atomic mass is 19.4. The van der Waals surface area contributed by atoms with E-state index in [1.807, 2.05) is 19.2 Å². The number of rotatable bonds is 4. The lowest BCUT2D eigenvalue weighted by molar-refractivity contribution is -0.274. The van der Waals surface area contributed by atoms with Crippen molar-refractivity contribution in [2.75, 3.05) is 5.73 Å². The van der Waals surface area contributed by atoms with E-state index < -0.39 is 6.36 Å². The summed E-state index contributed by atoms with van der Waals surface area (Å²) >= 11 is 0. The molecule has 0 saturated carbocycles. The Balaban J connectivity index is 1.95. The molecule has 3 rings (SSSR count). The molecular formula is C19H19F3N2O. The van der Waals surface area contributed by atoms with Crippen molar-refractivity contribution in [2.45, 2.75) is 32.2 Å². The van der Waals surface area contributed by atoms with Gasteiger partial charge in [0, 0.05) is 11.7 Å². The summed E-state index contributed by atoms with van der Waals surface area (Å²) in [5, 5.41) is 3.30. The number of alkyl halides is 3. The molecule has 2 aromatic carbocycles. The molecule has 3 N–H and O–H groups in total.